The van der Waals surface area contributed by atoms with Gasteiger partial charge in [0.05, 0.1) is 17.3 Å². The largest absolute Gasteiger partial charge is 0.346 e. The number of rotatable bonds is 3. The number of nitrogens with zero attached hydrogens (tertiary/aromatic N) is 2. The number of fused-ring (bicyclic) bond motifs is 3. The topological polar surface area (TPSA) is 69.7 Å². The van der Waals surface area contributed by atoms with E-state index in [1.165, 1.54) is 21.9 Å². The Morgan fingerprint density at radius 2 is 1.82 bits per heavy atom. The van der Waals surface area contributed by atoms with Crippen molar-refractivity contribution in [3.63, 3.8) is 0 Å². The molecule has 7 heteroatoms. The number of anilines is 1. The minimum atomic E-state index is -1.41. The second kappa shape index (κ2) is 6.44. The molecule has 2 aromatic carbocycles. The summed E-state index contributed by atoms with van der Waals surface area (Å²) in [6.45, 7) is 1.78. The van der Waals surface area contributed by atoms with Crippen LogP contribution < -0.4 is 10.2 Å². The number of carbonyl (C=O) groups excluding carboxylic acids is 3. The molecule has 0 bridgehead atoms. The van der Waals surface area contributed by atoms with Crippen LogP contribution in [0, 0.1) is 5.82 Å². The van der Waals surface area contributed by atoms with Crippen molar-refractivity contribution in [2.75, 3.05) is 11.9 Å². The van der Waals surface area contributed by atoms with Gasteiger partial charge < -0.3 is 10.2 Å². The van der Waals surface area contributed by atoms with Crippen LogP contribution in [0.25, 0.3) is 0 Å². The molecule has 2 atom stereocenters. The molecule has 0 radical (unpaired) electrons. The Balaban J connectivity index is 1.72. The van der Waals surface area contributed by atoms with Crippen LogP contribution in [0.3, 0.4) is 0 Å². The number of para-hydroxylation sites is 1. The Morgan fingerprint density at radius 1 is 1.14 bits per heavy atom. The third kappa shape index (κ3) is 2.50. The lowest BCUT2D eigenvalue weighted by molar-refractivity contribution is -0.133. The first kappa shape index (κ1) is 18.2. The molecule has 28 heavy (non-hydrogen) atoms. The van der Waals surface area contributed by atoms with Gasteiger partial charge in [-0.2, -0.15) is 0 Å². The van der Waals surface area contributed by atoms with Crippen LogP contribution >= 0.6 is 0 Å². The minimum Gasteiger partial charge on any atom is -0.346 e. The molecule has 1 fully saturated rings. The molecular weight excluding hydrogens is 361 g/mol. The maximum atomic E-state index is 13.4. The Hall–Kier alpha value is -3.22. The van der Waals surface area contributed by atoms with E-state index in [4.69, 9.17) is 0 Å². The van der Waals surface area contributed by atoms with Gasteiger partial charge in [-0.25, -0.2) is 4.39 Å². The monoisotopic (exact) mass is 381 g/mol. The maximum absolute atomic E-state index is 13.4. The molecule has 2 heterocycles. The first-order chi connectivity index (χ1) is 13.4. The molecule has 3 amide bonds. The summed E-state index contributed by atoms with van der Waals surface area (Å²) in [5, 5.41) is 2.90. The standard InChI is InChI=1S/C21H20FN3O3/c1-13(14-7-9-15(22)10-8-14)23-20(28)21-12-11-18(26)25(21)17-6-4-3-5-16(17)19(27)24(21)2/h3-10,13H,11-12H2,1-2H3,(H,23,28)/t13-,21-/m0/s1. The number of likely N-dealkylation sites (N-methyl/N-ethyl adjacent to an activating group) is 1. The van der Waals surface area contributed by atoms with Crippen LogP contribution in [0.15, 0.2) is 48.5 Å². The summed E-state index contributed by atoms with van der Waals surface area (Å²) < 4.78 is 13.2. The van der Waals surface area contributed by atoms with E-state index in [-0.39, 0.29) is 30.5 Å². The van der Waals surface area contributed by atoms with E-state index in [2.05, 4.69) is 5.32 Å². The van der Waals surface area contributed by atoms with Gasteiger partial charge in [0, 0.05) is 19.9 Å². The van der Waals surface area contributed by atoms with Crippen molar-refractivity contribution >= 4 is 23.4 Å². The normalized spacial score (nSPS) is 22.0. The van der Waals surface area contributed by atoms with Gasteiger partial charge in [-0.15, -0.1) is 0 Å². The number of nitrogens with one attached hydrogen (secondary N) is 1. The van der Waals surface area contributed by atoms with Crippen LogP contribution in [0.5, 0.6) is 0 Å². The predicted octanol–water partition coefficient (Wildman–Crippen LogP) is 2.61. The molecule has 0 aromatic heterocycles. The van der Waals surface area contributed by atoms with Gasteiger partial charge in [0.15, 0.2) is 0 Å². The van der Waals surface area contributed by atoms with Gasteiger partial charge in [-0.1, -0.05) is 24.3 Å². The first-order valence-electron chi connectivity index (χ1n) is 9.13. The van der Waals surface area contributed by atoms with Gasteiger partial charge in [0.1, 0.15) is 5.82 Å². The van der Waals surface area contributed by atoms with Gasteiger partial charge >= 0.3 is 0 Å². The summed E-state index contributed by atoms with van der Waals surface area (Å²) in [6.07, 6.45) is 0.384. The summed E-state index contributed by atoms with van der Waals surface area (Å²) in [5.74, 6) is -1.29. The zero-order valence-electron chi connectivity index (χ0n) is 15.6. The van der Waals surface area contributed by atoms with E-state index in [0.717, 1.165) is 5.56 Å². The second-order valence-electron chi connectivity index (χ2n) is 7.17. The number of carbonyl (C=O) groups is 3. The zero-order valence-corrected chi connectivity index (χ0v) is 15.6. The highest BCUT2D eigenvalue weighted by atomic mass is 19.1. The lowest BCUT2D eigenvalue weighted by Gasteiger charge is -2.47. The zero-order chi connectivity index (χ0) is 20.1. The third-order valence-corrected chi connectivity index (χ3v) is 5.62. The molecule has 6 nitrogen and oxygen atoms in total. The van der Waals surface area contributed by atoms with Crippen LogP contribution in [0.1, 0.15) is 41.7 Å². The highest BCUT2D eigenvalue weighted by Gasteiger charge is 2.59. The number of hydrogen-bond donors (Lipinski definition) is 1. The smallest absolute Gasteiger partial charge is 0.267 e. The van der Waals surface area contributed by atoms with E-state index in [1.54, 1.807) is 50.4 Å². The molecule has 144 valence electrons. The predicted molar refractivity (Wildman–Crippen MR) is 101 cm³/mol. The van der Waals surface area contributed by atoms with E-state index in [0.29, 0.717) is 11.3 Å². The van der Waals surface area contributed by atoms with Gasteiger partial charge in [-0.3, -0.25) is 19.3 Å². The molecule has 0 unspecified atom stereocenters. The Kier molecular flexibility index (Phi) is 4.18. The third-order valence-electron chi connectivity index (χ3n) is 5.62. The molecule has 2 aliphatic rings. The van der Waals surface area contributed by atoms with Crippen molar-refractivity contribution in [3.05, 3.63) is 65.5 Å². The fourth-order valence-electron chi connectivity index (χ4n) is 4.08. The van der Waals surface area contributed by atoms with Crippen molar-refractivity contribution in [2.45, 2.75) is 31.5 Å². The maximum Gasteiger partial charge on any atom is 0.267 e. The van der Waals surface area contributed by atoms with Crippen LogP contribution in [0.2, 0.25) is 0 Å². The van der Waals surface area contributed by atoms with Gasteiger partial charge in [0.25, 0.3) is 11.8 Å². The summed E-state index contributed by atoms with van der Waals surface area (Å²) >= 11 is 0. The molecule has 4 rings (SSSR count). The summed E-state index contributed by atoms with van der Waals surface area (Å²) in [5.41, 5.74) is 0.178. The summed E-state index contributed by atoms with van der Waals surface area (Å²) in [7, 11) is 1.55. The number of halogens is 1. The average molecular weight is 381 g/mol. The molecule has 1 saturated heterocycles. The second-order valence-corrected chi connectivity index (χ2v) is 7.17. The highest BCUT2D eigenvalue weighted by molar-refractivity contribution is 6.16. The molecule has 1 N–H and O–H groups in total. The average Bonchev–Trinajstić information content (AvgIpc) is 3.05. The lowest BCUT2D eigenvalue weighted by Crippen LogP contribution is -2.69. The first-order valence-corrected chi connectivity index (χ1v) is 9.13. The van der Waals surface area contributed by atoms with Crippen LogP contribution in [-0.4, -0.2) is 35.3 Å². The van der Waals surface area contributed by atoms with Crippen molar-refractivity contribution in [1.82, 2.24) is 10.2 Å². The van der Waals surface area contributed by atoms with E-state index >= 15 is 0 Å². The SMILES string of the molecule is C[C@H](NC(=O)[C@]12CCC(=O)N1c1ccccc1C(=O)N2C)c1ccc(F)cc1. The molecule has 0 spiro atoms. The van der Waals surface area contributed by atoms with Crippen molar-refractivity contribution in [2.24, 2.45) is 0 Å². The minimum absolute atomic E-state index is 0.171. The fourth-order valence-corrected chi connectivity index (χ4v) is 4.08. The number of hydrogen-bond acceptors (Lipinski definition) is 3. The molecule has 0 aliphatic carbocycles. The number of benzene rings is 2. The Bertz CT molecular complexity index is 975. The Labute approximate surface area is 161 Å². The summed E-state index contributed by atoms with van der Waals surface area (Å²) in [4.78, 5) is 41.8. The fraction of sp³-hybridized carbons (Fsp3) is 0.286. The molecule has 2 aliphatic heterocycles. The highest BCUT2D eigenvalue weighted by Crippen LogP contribution is 2.44. The molecule has 0 saturated carbocycles. The van der Waals surface area contributed by atoms with Gasteiger partial charge in [-0.05, 0) is 36.8 Å². The van der Waals surface area contributed by atoms with E-state index in [1.807, 2.05) is 0 Å². The van der Waals surface area contributed by atoms with Crippen molar-refractivity contribution in [1.29, 1.82) is 0 Å². The molecular formula is C21H20FN3O3. The lowest BCUT2D eigenvalue weighted by atomic mass is 9.95. The van der Waals surface area contributed by atoms with E-state index in [9.17, 15) is 18.8 Å². The van der Waals surface area contributed by atoms with Gasteiger partial charge in [0.2, 0.25) is 11.6 Å². The molecule has 2 aromatic rings. The van der Waals surface area contributed by atoms with E-state index < -0.39 is 17.6 Å². The quantitative estimate of drug-likeness (QED) is 0.889. The van der Waals surface area contributed by atoms with Crippen LogP contribution in [0.4, 0.5) is 10.1 Å². The van der Waals surface area contributed by atoms with Crippen molar-refractivity contribution in [3.8, 4) is 0 Å². The van der Waals surface area contributed by atoms with Crippen molar-refractivity contribution < 1.29 is 18.8 Å². The Morgan fingerprint density at radius 3 is 2.54 bits per heavy atom. The van der Waals surface area contributed by atoms with Crippen LogP contribution in [-0.2, 0) is 9.59 Å². The number of amides is 3. The summed E-state index contributed by atoms with van der Waals surface area (Å²) in [6, 6.07) is 12.3.